The van der Waals surface area contributed by atoms with Gasteiger partial charge >= 0.3 is 5.97 Å². The molecule has 0 fully saturated rings. The van der Waals surface area contributed by atoms with Crippen LogP contribution in [0.4, 0.5) is 11.4 Å². The lowest BCUT2D eigenvalue weighted by atomic mass is 10.1. The van der Waals surface area contributed by atoms with Gasteiger partial charge in [0, 0.05) is 16.4 Å². The van der Waals surface area contributed by atoms with Crippen molar-refractivity contribution >= 4 is 44.9 Å². The van der Waals surface area contributed by atoms with Gasteiger partial charge in [0.05, 0.1) is 17.9 Å². The van der Waals surface area contributed by atoms with Crippen LogP contribution in [0.25, 0.3) is 0 Å². The van der Waals surface area contributed by atoms with Gasteiger partial charge in [-0.05, 0) is 79.6 Å². The molecule has 0 saturated heterocycles. The van der Waals surface area contributed by atoms with Crippen molar-refractivity contribution in [3.63, 3.8) is 0 Å². The molecule has 0 aliphatic rings. The van der Waals surface area contributed by atoms with Crippen LogP contribution in [0.2, 0.25) is 5.02 Å². The summed E-state index contributed by atoms with van der Waals surface area (Å²) in [5.41, 5.74) is 2.27. The van der Waals surface area contributed by atoms with Crippen molar-refractivity contribution in [1.29, 1.82) is 0 Å². The summed E-state index contributed by atoms with van der Waals surface area (Å²) >= 11 is 5.83. The van der Waals surface area contributed by atoms with Crippen molar-refractivity contribution in [2.24, 2.45) is 0 Å². The number of hydrogen-bond acceptors (Lipinski definition) is 6. The maximum absolute atomic E-state index is 12.7. The van der Waals surface area contributed by atoms with E-state index in [1.54, 1.807) is 62.4 Å². The summed E-state index contributed by atoms with van der Waals surface area (Å²) in [4.78, 5) is 23.9. The Labute approximate surface area is 209 Å². The molecule has 1 amide bonds. The SMILES string of the molecule is CCOC(=O)Cc1ccc(NC(=O)COc2ccc(S(=O)(=O)Nc3ccc(Cl)cc3)cc2C)cc1. The number of nitrogens with one attached hydrogen (secondary N) is 2. The maximum Gasteiger partial charge on any atom is 0.310 e. The minimum atomic E-state index is -3.81. The van der Waals surface area contributed by atoms with Gasteiger partial charge in [0.25, 0.3) is 15.9 Å². The Hall–Kier alpha value is -3.56. The molecule has 3 rings (SSSR count). The molecule has 0 unspecified atom stereocenters. The van der Waals surface area contributed by atoms with E-state index >= 15 is 0 Å². The van der Waals surface area contributed by atoms with Crippen LogP contribution in [-0.2, 0) is 30.8 Å². The summed E-state index contributed by atoms with van der Waals surface area (Å²) in [6.45, 7) is 3.50. The number of carbonyl (C=O) groups is 2. The minimum absolute atomic E-state index is 0.0599. The van der Waals surface area contributed by atoms with Gasteiger partial charge in [-0.1, -0.05) is 23.7 Å². The van der Waals surface area contributed by atoms with E-state index in [-0.39, 0.29) is 29.8 Å². The second-order valence-electron chi connectivity index (χ2n) is 7.56. The minimum Gasteiger partial charge on any atom is -0.483 e. The molecule has 3 aromatic rings. The molecule has 0 aliphatic heterocycles. The van der Waals surface area contributed by atoms with Gasteiger partial charge in [-0.3, -0.25) is 14.3 Å². The van der Waals surface area contributed by atoms with Gasteiger partial charge in [-0.15, -0.1) is 0 Å². The number of ether oxygens (including phenoxy) is 2. The van der Waals surface area contributed by atoms with Crippen LogP contribution in [0.1, 0.15) is 18.1 Å². The summed E-state index contributed by atoms with van der Waals surface area (Å²) in [5, 5.41) is 3.21. The van der Waals surface area contributed by atoms with Crippen LogP contribution in [0.15, 0.2) is 71.6 Å². The van der Waals surface area contributed by atoms with Gasteiger partial charge in [0.1, 0.15) is 5.75 Å². The number of esters is 1. The van der Waals surface area contributed by atoms with Gasteiger partial charge in [0.2, 0.25) is 0 Å². The monoisotopic (exact) mass is 516 g/mol. The zero-order valence-electron chi connectivity index (χ0n) is 19.2. The van der Waals surface area contributed by atoms with E-state index in [9.17, 15) is 18.0 Å². The molecule has 0 bridgehead atoms. The smallest absolute Gasteiger partial charge is 0.310 e. The number of anilines is 2. The number of halogens is 1. The fourth-order valence-corrected chi connectivity index (χ4v) is 4.38. The molecule has 0 spiro atoms. The van der Waals surface area contributed by atoms with Crippen molar-refractivity contribution in [2.75, 3.05) is 23.3 Å². The fraction of sp³-hybridized carbons (Fsp3) is 0.200. The third-order valence-corrected chi connectivity index (χ3v) is 6.43. The third-order valence-electron chi connectivity index (χ3n) is 4.80. The molecule has 35 heavy (non-hydrogen) atoms. The highest BCUT2D eigenvalue weighted by Crippen LogP contribution is 2.24. The second kappa shape index (κ2) is 11.7. The number of rotatable bonds is 10. The molecule has 0 saturated carbocycles. The van der Waals surface area contributed by atoms with Crippen LogP contribution in [0, 0.1) is 6.92 Å². The van der Waals surface area contributed by atoms with Crippen LogP contribution in [0.5, 0.6) is 5.75 Å². The predicted octanol–water partition coefficient (Wildman–Crippen LogP) is 4.57. The van der Waals surface area contributed by atoms with Crippen LogP contribution in [0.3, 0.4) is 0 Å². The van der Waals surface area contributed by atoms with E-state index in [4.69, 9.17) is 21.1 Å². The first-order valence-electron chi connectivity index (χ1n) is 10.7. The molecule has 2 N–H and O–H groups in total. The molecular formula is C25H25ClN2O6S. The molecule has 0 atom stereocenters. The van der Waals surface area contributed by atoms with Crippen LogP contribution < -0.4 is 14.8 Å². The number of benzene rings is 3. The molecule has 184 valence electrons. The van der Waals surface area contributed by atoms with Gasteiger partial charge < -0.3 is 14.8 Å². The summed E-state index contributed by atoms with van der Waals surface area (Å²) in [5.74, 6) is -0.313. The first-order valence-corrected chi connectivity index (χ1v) is 12.6. The predicted molar refractivity (Wildman–Crippen MR) is 134 cm³/mol. The lowest BCUT2D eigenvalue weighted by Crippen LogP contribution is -2.20. The molecule has 3 aromatic carbocycles. The van der Waals surface area contributed by atoms with Crippen molar-refractivity contribution in [2.45, 2.75) is 25.2 Å². The summed E-state index contributed by atoms with van der Waals surface area (Å²) in [7, 11) is -3.81. The maximum atomic E-state index is 12.7. The highest BCUT2D eigenvalue weighted by molar-refractivity contribution is 7.92. The molecule has 0 radical (unpaired) electrons. The summed E-state index contributed by atoms with van der Waals surface area (Å²) < 4.78 is 38.3. The summed E-state index contributed by atoms with van der Waals surface area (Å²) in [6, 6.07) is 17.5. The average Bonchev–Trinajstić information content (AvgIpc) is 2.81. The number of sulfonamides is 1. The quantitative estimate of drug-likeness (QED) is 0.382. The van der Waals surface area contributed by atoms with Crippen LogP contribution in [-0.4, -0.2) is 33.5 Å². The Bertz CT molecular complexity index is 1290. The van der Waals surface area contributed by atoms with E-state index < -0.39 is 10.0 Å². The topological polar surface area (TPSA) is 111 Å². The van der Waals surface area contributed by atoms with E-state index in [0.29, 0.717) is 34.3 Å². The van der Waals surface area contributed by atoms with E-state index in [0.717, 1.165) is 5.56 Å². The Morgan fingerprint density at radius 1 is 0.943 bits per heavy atom. The van der Waals surface area contributed by atoms with Gasteiger partial charge in [0.15, 0.2) is 6.61 Å². The Morgan fingerprint density at radius 3 is 2.23 bits per heavy atom. The van der Waals surface area contributed by atoms with Crippen molar-refractivity contribution in [3.8, 4) is 5.75 Å². The molecule has 0 aliphatic carbocycles. The molecule has 8 nitrogen and oxygen atoms in total. The number of hydrogen-bond donors (Lipinski definition) is 2. The lowest BCUT2D eigenvalue weighted by Gasteiger charge is -2.12. The fourth-order valence-electron chi connectivity index (χ4n) is 3.11. The van der Waals surface area contributed by atoms with Gasteiger partial charge in [-0.25, -0.2) is 8.42 Å². The Morgan fingerprint density at radius 2 is 1.60 bits per heavy atom. The molecular weight excluding hydrogens is 492 g/mol. The first-order chi connectivity index (χ1) is 16.7. The van der Waals surface area contributed by atoms with Crippen molar-refractivity contribution < 1.29 is 27.5 Å². The number of amides is 1. The molecule has 10 heteroatoms. The van der Waals surface area contributed by atoms with E-state index in [1.165, 1.54) is 18.2 Å². The highest BCUT2D eigenvalue weighted by atomic mass is 35.5. The molecule has 0 heterocycles. The second-order valence-corrected chi connectivity index (χ2v) is 9.67. The average molecular weight is 517 g/mol. The van der Waals surface area contributed by atoms with Crippen molar-refractivity contribution in [1.82, 2.24) is 0 Å². The van der Waals surface area contributed by atoms with Gasteiger partial charge in [-0.2, -0.15) is 0 Å². The van der Waals surface area contributed by atoms with Crippen LogP contribution >= 0.6 is 11.6 Å². The van der Waals surface area contributed by atoms with E-state index in [2.05, 4.69) is 10.0 Å². The number of aryl methyl sites for hydroxylation is 1. The number of carbonyl (C=O) groups excluding carboxylic acids is 2. The Balaban J connectivity index is 1.55. The Kier molecular flexibility index (Phi) is 8.73. The zero-order valence-corrected chi connectivity index (χ0v) is 20.8. The zero-order chi connectivity index (χ0) is 25.4. The lowest BCUT2D eigenvalue weighted by molar-refractivity contribution is -0.142. The van der Waals surface area contributed by atoms with E-state index in [1.807, 2.05) is 0 Å². The molecule has 0 aromatic heterocycles. The highest BCUT2D eigenvalue weighted by Gasteiger charge is 2.16. The largest absolute Gasteiger partial charge is 0.483 e. The first kappa shape index (κ1) is 26.1. The third kappa shape index (κ3) is 7.73. The summed E-state index contributed by atoms with van der Waals surface area (Å²) in [6.07, 6.45) is 0.158. The van der Waals surface area contributed by atoms with Crippen molar-refractivity contribution in [3.05, 3.63) is 82.9 Å². The standard InChI is InChI=1S/C25H25ClN2O6S/c1-3-33-25(30)15-18-4-8-20(9-5-18)27-24(29)16-34-23-13-12-22(14-17(23)2)35(31,32)28-21-10-6-19(26)7-11-21/h4-14,28H,3,15-16H2,1-2H3,(H,27,29). The normalized spacial score (nSPS) is 10.9.